The molecular weight excluding hydrogens is 460 g/mol. The van der Waals surface area contributed by atoms with Gasteiger partial charge in [0, 0.05) is 12.6 Å². The minimum absolute atomic E-state index is 0.0755. The summed E-state index contributed by atoms with van der Waals surface area (Å²) in [5.74, 6) is 0.667. The summed E-state index contributed by atoms with van der Waals surface area (Å²) in [6.45, 7) is 4.07. The third-order valence-electron chi connectivity index (χ3n) is 5.45. The largest absolute Gasteiger partial charge is 0.497 e. The molecule has 2 aromatic rings. The van der Waals surface area contributed by atoms with E-state index in [1.807, 2.05) is 0 Å². The first-order valence-corrected chi connectivity index (χ1v) is 12.0. The Morgan fingerprint density at radius 2 is 1.76 bits per heavy atom. The summed E-state index contributed by atoms with van der Waals surface area (Å²) in [6, 6.07) is 4.93. The number of methoxy groups -OCH3 is 3. The van der Waals surface area contributed by atoms with Gasteiger partial charge in [-0.15, -0.1) is 0 Å². The van der Waals surface area contributed by atoms with Gasteiger partial charge in [0.15, 0.2) is 5.56 Å². The molecule has 2 amide bonds. The Kier molecular flexibility index (Phi) is 9.77. The molecule has 1 saturated heterocycles. The van der Waals surface area contributed by atoms with Crippen molar-refractivity contribution >= 4 is 28.5 Å². The van der Waals surface area contributed by atoms with Gasteiger partial charge in [-0.1, -0.05) is 0 Å². The predicted octanol–water partition coefficient (Wildman–Crippen LogP) is 3.52. The lowest BCUT2D eigenvalue weighted by molar-refractivity contribution is 0.0596. The van der Waals surface area contributed by atoms with Crippen molar-refractivity contribution in [1.29, 1.82) is 0 Å². The summed E-state index contributed by atoms with van der Waals surface area (Å²) in [4.78, 5) is 27.2. The van der Waals surface area contributed by atoms with Crippen LogP contribution in [-0.2, 0) is 11.3 Å². The molecular formula is C23H32N4O6S. The van der Waals surface area contributed by atoms with E-state index in [1.54, 1.807) is 32.4 Å². The van der Waals surface area contributed by atoms with E-state index < -0.39 is 12.0 Å². The van der Waals surface area contributed by atoms with E-state index in [9.17, 15) is 9.59 Å². The van der Waals surface area contributed by atoms with Crippen molar-refractivity contribution in [3.05, 3.63) is 29.3 Å². The molecule has 0 atom stereocenters. The molecule has 1 aromatic heterocycles. The Hall–Kier alpha value is -3.05. The summed E-state index contributed by atoms with van der Waals surface area (Å²) >= 11 is 0.955. The molecule has 0 unspecified atom stereocenters. The molecule has 1 aromatic carbocycles. The number of esters is 1. The molecule has 1 aliphatic heterocycles. The van der Waals surface area contributed by atoms with Gasteiger partial charge >= 0.3 is 12.0 Å². The first kappa shape index (κ1) is 25.6. The maximum absolute atomic E-state index is 12.4. The highest BCUT2D eigenvalue weighted by Gasteiger charge is 2.25. The van der Waals surface area contributed by atoms with Gasteiger partial charge in [0.25, 0.3) is 0 Å². The van der Waals surface area contributed by atoms with Gasteiger partial charge < -0.3 is 29.2 Å². The normalized spacial score (nSPS) is 13.4. The summed E-state index contributed by atoms with van der Waals surface area (Å²) in [5, 5.41) is 5.77. The average molecular weight is 493 g/mol. The van der Waals surface area contributed by atoms with Gasteiger partial charge in [-0.25, -0.2) is 9.59 Å². The third-order valence-corrected chi connectivity index (χ3v) is 6.20. The van der Waals surface area contributed by atoms with Crippen molar-refractivity contribution in [2.45, 2.75) is 32.3 Å². The number of nitrogens with one attached hydrogen (secondary N) is 2. The number of hydrogen-bond donors (Lipinski definition) is 2. The Morgan fingerprint density at radius 1 is 1.06 bits per heavy atom. The van der Waals surface area contributed by atoms with Crippen LogP contribution in [0, 0.1) is 0 Å². The topological polar surface area (TPSA) is 111 Å². The molecule has 0 saturated carbocycles. The Balaban J connectivity index is 1.55. The Labute approximate surface area is 203 Å². The fourth-order valence-corrected chi connectivity index (χ4v) is 4.38. The highest BCUT2D eigenvalue weighted by molar-refractivity contribution is 7.11. The lowest BCUT2D eigenvalue weighted by Gasteiger charge is -2.14. The van der Waals surface area contributed by atoms with E-state index in [2.05, 4.69) is 19.9 Å². The molecule has 0 bridgehead atoms. The summed E-state index contributed by atoms with van der Waals surface area (Å²) in [7, 11) is 4.39. The fraction of sp³-hybridized carbons (Fsp3) is 0.522. The van der Waals surface area contributed by atoms with E-state index in [4.69, 9.17) is 18.9 Å². The van der Waals surface area contributed by atoms with E-state index >= 15 is 0 Å². The summed E-state index contributed by atoms with van der Waals surface area (Å²) in [5.41, 5.74) is 0.841. The van der Waals surface area contributed by atoms with E-state index in [0.717, 1.165) is 36.5 Å². The Bertz CT molecular complexity index is 939. The number of anilines is 1. The van der Waals surface area contributed by atoms with Crippen molar-refractivity contribution in [2.24, 2.45) is 0 Å². The van der Waals surface area contributed by atoms with E-state index in [-0.39, 0.29) is 23.1 Å². The number of likely N-dealkylation sites (tertiary alicyclic amines) is 1. The van der Waals surface area contributed by atoms with Crippen LogP contribution in [0.25, 0.3) is 0 Å². The lowest BCUT2D eigenvalue weighted by Crippen LogP contribution is -2.30. The third kappa shape index (κ3) is 7.22. The molecule has 10 nitrogen and oxygen atoms in total. The second-order valence-corrected chi connectivity index (χ2v) is 8.60. The number of hydrogen-bond acceptors (Lipinski definition) is 9. The SMILES string of the molecule is COC(=O)c1c(OCc2cc(OC)cc(OC)c2)nsc1NC(=O)NCCCCN1CCCC1. The maximum atomic E-state index is 12.4. The minimum atomic E-state index is -0.645. The molecule has 1 aliphatic rings. The van der Waals surface area contributed by atoms with E-state index in [1.165, 1.54) is 33.0 Å². The van der Waals surface area contributed by atoms with Gasteiger partial charge in [0.05, 0.1) is 21.3 Å². The number of rotatable bonds is 12. The van der Waals surface area contributed by atoms with Crippen LogP contribution in [0.3, 0.4) is 0 Å². The van der Waals surface area contributed by atoms with Crippen LogP contribution in [0.2, 0.25) is 0 Å². The zero-order valence-corrected chi connectivity index (χ0v) is 20.7. The molecule has 0 radical (unpaired) electrons. The van der Waals surface area contributed by atoms with Crippen LogP contribution in [0.5, 0.6) is 17.4 Å². The van der Waals surface area contributed by atoms with Gasteiger partial charge in [-0.05, 0) is 74.5 Å². The van der Waals surface area contributed by atoms with Crippen LogP contribution >= 0.6 is 11.5 Å². The molecule has 0 aliphatic carbocycles. The van der Waals surface area contributed by atoms with Gasteiger partial charge in [-0.2, -0.15) is 4.37 Å². The highest BCUT2D eigenvalue weighted by atomic mass is 32.1. The first-order valence-electron chi connectivity index (χ1n) is 11.2. The maximum Gasteiger partial charge on any atom is 0.346 e. The Morgan fingerprint density at radius 3 is 2.41 bits per heavy atom. The second-order valence-electron chi connectivity index (χ2n) is 7.83. The van der Waals surface area contributed by atoms with Crippen molar-refractivity contribution in [3.63, 3.8) is 0 Å². The molecule has 2 heterocycles. The zero-order valence-electron chi connectivity index (χ0n) is 19.8. The summed E-state index contributed by atoms with van der Waals surface area (Å²) in [6.07, 6.45) is 4.46. The molecule has 186 valence electrons. The predicted molar refractivity (Wildman–Crippen MR) is 129 cm³/mol. The first-order chi connectivity index (χ1) is 16.5. The molecule has 2 N–H and O–H groups in total. The number of amides is 2. The molecule has 1 fully saturated rings. The van der Waals surface area contributed by atoms with Crippen LogP contribution < -0.4 is 24.8 Å². The number of nitrogens with zero attached hydrogens (tertiary/aromatic N) is 2. The second kappa shape index (κ2) is 13.0. The number of aromatic nitrogens is 1. The number of carbonyl (C=O) groups excluding carboxylic acids is 2. The number of urea groups is 1. The van der Waals surface area contributed by atoms with Crippen LogP contribution in [0.4, 0.5) is 9.80 Å². The van der Waals surface area contributed by atoms with Crippen molar-refractivity contribution in [3.8, 4) is 17.4 Å². The summed E-state index contributed by atoms with van der Waals surface area (Å²) < 4.78 is 25.4. The zero-order chi connectivity index (χ0) is 24.3. The minimum Gasteiger partial charge on any atom is -0.497 e. The number of carbonyl (C=O) groups is 2. The van der Waals surface area contributed by atoms with Crippen LogP contribution in [0.1, 0.15) is 41.6 Å². The van der Waals surface area contributed by atoms with Gasteiger partial charge in [0.2, 0.25) is 5.88 Å². The molecule has 11 heteroatoms. The molecule has 0 spiro atoms. The molecule has 34 heavy (non-hydrogen) atoms. The lowest BCUT2D eigenvalue weighted by atomic mass is 10.2. The fourth-order valence-electron chi connectivity index (χ4n) is 3.66. The smallest absolute Gasteiger partial charge is 0.346 e. The van der Waals surface area contributed by atoms with E-state index in [0.29, 0.717) is 18.0 Å². The monoisotopic (exact) mass is 492 g/mol. The van der Waals surface area contributed by atoms with Crippen LogP contribution in [0.15, 0.2) is 18.2 Å². The molecule has 3 rings (SSSR count). The highest BCUT2D eigenvalue weighted by Crippen LogP contribution is 2.32. The number of unbranched alkanes of at least 4 members (excludes halogenated alkanes) is 1. The average Bonchev–Trinajstić information content (AvgIpc) is 3.51. The quantitative estimate of drug-likeness (QED) is 0.342. The van der Waals surface area contributed by atoms with Gasteiger partial charge in [0.1, 0.15) is 23.1 Å². The number of ether oxygens (including phenoxy) is 4. The van der Waals surface area contributed by atoms with Crippen molar-refractivity contribution in [1.82, 2.24) is 14.6 Å². The number of benzene rings is 1. The van der Waals surface area contributed by atoms with Gasteiger partial charge in [-0.3, -0.25) is 5.32 Å². The standard InChI is InChI=1S/C23H32N4O6S/c1-30-17-12-16(13-18(14-17)31-2)15-33-20-19(22(28)32-3)21(34-26-20)25-23(29)24-8-4-5-9-27-10-6-7-11-27/h12-14H,4-11,15H2,1-3H3,(H2,24,25,29). The van der Waals surface area contributed by atoms with Crippen LogP contribution in [-0.4, -0.2) is 68.8 Å². The van der Waals surface area contributed by atoms with Crippen molar-refractivity contribution < 1.29 is 28.5 Å². The van der Waals surface area contributed by atoms with Crippen molar-refractivity contribution in [2.75, 3.05) is 52.8 Å².